The number of amides is 2. The Hall–Kier alpha value is -1.92. The van der Waals surface area contributed by atoms with Crippen molar-refractivity contribution in [2.24, 2.45) is 11.7 Å². The van der Waals surface area contributed by atoms with Gasteiger partial charge in [-0.15, -0.1) is 0 Å². The van der Waals surface area contributed by atoms with Crippen LogP contribution in [0.1, 0.15) is 92.5 Å². The van der Waals surface area contributed by atoms with Crippen LogP contribution in [0, 0.1) is 5.92 Å². The first-order chi connectivity index (χ1) is 15.9. The van der Waals surface area contributed by atoms with Crippen molar-refractivity contribution < 1.29 is 14.7 Å². The average Bonchev–Trinajstić information content (AvgIpc) is 3.54. The Morgan fingerprint density at radius 1 is 1.03 bits per heavy atom. The maximum atomic E-state index is 13.1. The third-order valence-corrected chi connectivity index (χ3v) is 8.79. The Labute approximate surface area is 197 Å². The van der Waals surface area contributed by atoms with E-state index >= 15 is 0 Å². The highest BCUT2D eigenvalue weighted by Crippen LogP contribution is 2.44. The molecule has 2 atom stereocenters. The molecule has 180 valence electrons. The molecule has 2 bridgehead atoms. The minimum atomic E-state index is -1.08. The molecule has 0 aromatic heterocycles. The maximum absolute atomic E-state index is 13.1. The molecule has 2 heterocycles. The van der Waals surface area contributed by atoms with Crippen molar-refractivity contribution in [1.29, 1.82) is 0 Å². The third-order valence-electron chi connectivity index (χ3n) is 8.79. The van der Waals surface area contributed by atoms with Crippen LogP contribution in [0.15, 0.2) is 24.3 Å². The summed E-state index contributed by atoms with van der Waals surface area (Å²) in [7, 11) is 0. The fourth-order valence-electron chi connectivity index (χ4n) is 6.79. The molecule has 0 radical (unpaired) electrons. The number of benzene rings is 1. The summed E-state index contributed by atoms with van der Waals surface area (Å²) in [5.41, 5.74) is 6.34. The fraction of sp³-hybridized carbons (Fsp3) is 0.704. The zero-order valence-corrected chi connectivity index (χ0v) is 19.8. The largest absolute Gasteiger partial charge is 0.380 e. The van der Waals surface area contributed by atoms with Gasteiger partial charge in [0.25, 0.3) is 5.91 Å². The molecule has 2 aliphatic carbocycles. The number of fused-ring (bicyclic) bond motifs is 2. The number of nitrogens with two attached hydrogens (primary N) is 1. The number of piperidine rings is 1. The zero-order chi connectivity index (χ0) is 23.0. The smallest absolute Gasteiger partial charge is 0.254 e. The number of carbonyl (C=O) groups excluding carboxylic acids is 2. The fourth-order valence-corrected chi connectivity index (χ4v) is 6.79. The van der Waals surface area contributed by atoms with Gasteiger partial charge in [0.15, 0.2) is 0 Å². The molecule has 5 rings (SSSR count). The summed E-state index contributed by atoms with van der Waals surface area (Å²) in [6, 6.07) is 8.80. The van der Waals surface area contributed by atoms with Gasteiger partial charge in [-0.25, -0.2) is 0 Å². The lowest BCUT2D eigenvalue weighted by Gasteiger charge is -2.41. The number of hydrogen-bond acceptors (Lipinski definition) is 4. The van der Waals surface area contributed by atoms with Crippen molar-refractivity contribution in [1.82, 2.24) is 9.80 Å². The predicted octanol–water partition coefficient (Wildman–Crippen LogP) is 3.43. The van der Waals surface area contributed by atoms with Gasteiger partial charge < -0.3 is 15.7 Å². The highest BCUT2D eigenvalue weighted by atomic mass is 16.3. The van der Waals surface area contributed by atoms with Gasteiger partial charge in [-0.05, 0) is 74.8 Å². The zero-order valence-electron chi connectivity index (χ0n) is 19.8. The summed E-state index contributed by atoms with van der Waals surface area (Å²) < 4.78 is 0. The van der Waals surface area contributed by atoms with Crippen LogP contribution in [-0.2, 0) is 4.79 Å². The van der Waals surface area contributed by atoms with Gasteiger partial charge in [0.2, 0.25) is 5.91 Å². The van der Waals surface area contributed by atoms with E-state index in [2.05, 4.69) is 11.0 Å². The Morgan fingerprint density at radius 2 is 1.70 bits per heavy atom. The predicted molar refractivity (Wildman–Crippen MR) is 128 cm³/mol. The van der Waals surface area contributed by atoms with Gasteiger partial charge in [-0.2, -0.15) is 0 Å². The summed E-state index contributed by atoms with van der Waals surface area (Å²) in [6.45, 7) is 2.40. The van der Waals surface area contributed by atoms with Crippen molar-refractivity contribution in [3.8, 4) is 0 Å². The highest BCUT2D eigenvalue weighted by Gasteiger charge is 2.50. The molecule has 2 saturated heterocycles. The first kappa shape index (κ1) is 22.9. The van der Waals surface area contributed by atoms with Gasteiger partial charge in [-0.1, -0.05) is 37.5 Å². The lowest BCUT2D eigenvalue weighted by molar-refractivity contribution is -0.143. The highest BCUT2D eigenvalue weighted by molar-refractivity contribution is 5.94. The monoisotopic (exact) mass is 453 g/mol. The van der Waals surface area contributed by atoms with E-state index in [9.17, 15) is 14.7 Å². The molecule has 4 fully saturated rings. The Morgan fingerprint density at radius 3 is 2.33 bits per heavy atom. The first-order valence-corrected chi connectivity index (χ1v) is 13.1. The van der Waals surface area contributed by atoms with E-state index in [1.807, 2.05) is 23.1 Å². The van der Waals surface area contributed by atoms with Crippen LogP contribution < -0.4 is 5.73 Å². The summed E-state index contributed by atoms with van der Waals surface area (Å²) in [4.78, 5) is 29.7. The third kappa shape index (κ3) is 4.83. The van der Waals surface area contributed by atoms with Gasteiger partial charge in [-0.3, -0.25) is 14.5 Å². The normalized spacial score (nSPS) is 29.1. The standard InChI is InChI=1S/C27H39N3O3/c28-25(31)24-9-5-4-8-23(24)20-16-21-10-11-22(17-20)30(21)15-14-29(26(32)27(33)12-13-27)18-19-6-2-1-3-7-19/h4-5,8-9,19-22,33H,1-3,6-7,10-18H2,(H2,28,31). The van der Waals surface area contributed by atoms with E-state index in [0.29, 0.717) is 48.9 Å². The molecule has 3 N–H and O–H groups in total. The van der Waals surface area contributed by atoms with E-state index < -0.39 is 5.60 Å². The van der Waals surface area contributed by atoms with Crippen molar-refractivity contribution in [2.75, 3.05) is 19.6 Å². The van der Waals surface area contributed by atoms with Gasteiger partial charge in [0.05, 0.1) is 0 Å². The Kier molecular flexibility index (Phi) is 6.49. The summed E-state index contributed by atoms with van der Waals surface area (Å²) in [5.74, 6) is 0.577. The number of primary amides is 1. The minimum Gasteiger partial charge on any atom is -0.380 e. The molecule has 33 heavy (non-hydrogen) atoms. The molecule has 2 amide bonds. The topological polar surface area (TPSA) is 86.9 Å². The second kappa shape index (κ2) is 9.38. The second-order valence-electron chi connectivity index (χ2n) is 11.0. The minimum absolute atomic E-state index is 0.0364. The number of rotatable bonds is 8. The lowest BCUT2D eigenvalue weighted by Crippen LogP contribution is -2.50. The van der Waals surface area contributed by atoms with Crippen molar-refractivity contribution in [3.05, 3.63) is 35.4 Å². The van der Waals surface area contributed by atoms with Crippen molar-refractivity contribution in [2.45, 2.75) is 94.2 Å². The molecular weight excluding hydrogens is 414 g/mol. The molecule has 2 unspecified atom stereocenters. The summed E-state index contributed by atoms with van der Waals surface area (Å²) >= 11 is 0. The van der Waals surface area contributed by atoms with Crippen LogP contribution in [0.5, 0.6) is 0 Å². The molecular formula is C27H39N3O3. The van der Waals surface area contributed by atoms with Crippen molar-refractivity contribution in [3.63, 3.8) is 0 Å². The summed E-state index contributed by atoms with van der Waals surface area (Å²) in [5, 5.41) is 10.5. The van der Waals surface area contributed by atoms with E-state index in [-0.39, 0.29) is 11.8 Å². The van der Waals surface area contributed by atoms with Crippen LogP contribution in [0.4, 0.5) is 0 Å². The average molecular weight is 454 g/mol. The molecule has 4 aliphatic rings. The van der Waals surface area contributed by atoms with Crippen LogP contribution in [0.3, 0.4) is 0 Å². The van der Waals surface area contributed by atoms with E-state index in [1.54, 1.807) is 0 Å². The molecule has 6 nitrogen and oxygen atoms in total. The lowest BCUT2D eigenvalue weighted by atomic mass is 9.82. The van der Waals surface area contributed by atoms with E-state index in [0.717, 1.165) is 31.5 Å². The molecule has 1 aromatic carbocycles. The van der Waals surface area contributed by atoms with Crippen molar-refractivity contribution >= 4 is 11.8 Å². The SMILES string of the molecule is NC(=O)c1ccccc1C1CC2CCC(C1)N2CCN(CC1CCCCC1)C(=O)C1(O)CC1. The molecule has 0 spiro atoms. The van der Waals surface area contributed by atoms with Gasteiger partial charge in [0, 0.05) is 37.3 Å². The molecule has 6 heteroatoms. The molecule has 2 aliphatic heterocycles. The number of nitrogens with zero attached hydrogens (tertiary/aromatic N) is 2. The molecule has 2 saturated carbocycles. The first-order valence-electron chi connectivity index (χ1n) is 13.1. The quantitative estimate of drug-likeness (QED) is 0.631. The second-order valence-corrected chi connectivity index (χ2v) is 11.0. The maximum Gasteiger partial charge on any atom is 0.254 e. The molecule has 1 aromatic rings. The summed E-state index contributed by atoms with van der Waals surface area (Å²) in [6.07, 6.45) is 11.9. The number of hydrogen-bond donors (Lipinski definition) is 2. The van der Waals surface area contributed by atoms with E-state index in [1.165, 1.54) is 44.9 Å². The van der Waals surface area contributed by atoms with Crippen LogP contribution in [0.2, 0.25) is 0 Å². The number of aliphatic hydroxyl groups is 1. The van der Waals surface area contributed by atoms with Crippen LogP contribution in [-0.4, -0.2) is 64.0 Å². The van der Waals surface area contributed by atoms with Crippen LogP contribution >= 0.6 is 0 Å². The van der Waals surface area contributed by atoms with Crippen LogP contribution in [0.25, 0.3) is 0 Å². The van der Waals surface area contributed by atoms with E-state index in [4.69, 9.17) is 5.73 Å². The number of carbonyl (C=O) groups is 2. The Balaban J connectivity index is 1.24. The van der Waals surface area contributed by atoms with Gasteiger partial charge in [0.1, 0.15) is 5.60 Å². The Bertz CT molecular complexity index is 863. The van der Waals surface area contributed by atoms with Gasteiger partial charge >= 0.3 is 0 Å².